The topological polar surface area (TPSA) is 95.6 Å². The molecule has 0 fully saturated rings. The molecule has 3 rings (SSSR count). The van der Waals surface area contributed by atoms with Crippen LogP contribution < -0.4 is 10.1 Å². The van der Waals surface area contributed by atoms with E-state index in [1.165, 1.54) is 25.0 Å². The SMILES string of the molecule is COc1cn(-c2ccccc2)nc1C(=O)O[C@@H](C)C(=O)NCc1ccco1. The third kappa shape index (κ3) is 4.35. The smallest absolute Gasteiger partial charge is 0.363 e. The molecule has 1 N–H and O–H groups in total. The minimum absolute atomic E-state index is 0.00737. The van der Waals surface area contributed by atoms with Crippen LogP contribution in [0.4, 0.5) is 0 Å². The molecule has 1 aromatic carbocycles. The molecule has 27 heavy (non-hydrogen) atoms. The van der Waals surface area contributed by atoms with Gasteiger partial charge in [0, 0.05) is 0 Å². The van der Waals surface area contributed by atoms with Crippen LogP contribution in [0, 0.1) is 0 Å². The van der Waals surface area contributed by atoms with Crippen molar-refractivity contribution in [1.29, 1.82) is 0 Å². The van der Waals surface area contributed by atoms with Gasteiger partial charge >= 0.3 is 5.97 Å². The van der Waals surface area contributed by atoms with E-state index in [0.717, 1.165) is 5.69 Å². The molecule has 1 atom stereocenters. The lowest BCUT2D eigenvalue weighted by molar-refractivity contribution is -0.129. The number of benzene rings is 1. The minimum atomic E-state index is -1.00. The zero-order chi connectivity index (χ0) is 19.2. The van der Waals surface area contributed by atoms with Crippen molar-refractivity contribution in [1.82, 2.24) is 15.1 Å². The Kier molecular flexibility index (Phi) is 5.55. The lowest BCUT2D eigenvalue weighted by Crippen LogP contribution is -2.35. The Balaban J connectivity index is 1.66. The largest absolute Gasteiger partial charge is 0.493 e. The lowest BCUT2D eigenvalue weighted by atomic mass is 10.3. The Morgan fingerprint density at radius 2 is 2.00 bits per heavy atom. The van der Waals surface area contributed by atoms with Crippen LogP contribution >= 0.6 is 0 Å². The molecule has 0 bridgehead atoms. The second kappa shape index (κ2) is 8.22. The molecule has 8 nitrogen and oxygen atoms in total. The molecule has 0 unspecified atom stereocenters. The van der Waals surface area contributed by atoms with Crippen molar-refractivity contribution in [2.24, 2.45) is 0 Å². The van der Waals surface area contributed by atoms with Gasteiger partial charge in [0.05, 0.1) is 31.8 Å². The molecular weight excluding hydrogens is 350 g/mol. The number of carbonyl (C=O) groups excluding carboxylic acids is 2. The predicted molar refractivity (Wildman–Crippen MR) is 95.5 cm³/mol. The summed E-state index contributed by atoms with van der Waals surface area (Å²) in [7, 11) is 1.43. The number of esters is 1. The fourth-order valence-corrected chi connectivity index (χ4v) is 2.36. The Labute approximate surface area is 155 Å². The highest BCUT2D eigenvalue weighted by atomic mass is 16.6. The molecule has 0 saturated carbocycles. The molecule has 1 amide bonds. The van der Waals surface area contributed by atoms with Crippen LogP contribution in [0.3, 0.4) is 0 Å². The van der Waals surface area contributed by atoms with E-state index in [4.69, 9.17) is 13.9 Å². The summed E-state index contributed by atoms with van der Waals surface area (Å²) < 4.78 is 17.1. The van der Waals surface area contributed by atoms with Crippen LogP contribution in [-0.4, -0.2) is 34.9 Å². The molecule has 0 aliphatic heterocycles. The number of methoxy groups -OCH3 is 1. The molecule has 8 heteroatoms. The summed E-state index contributed by atoms with van der Waals surface area (Å²) in [6.07, 6.45) is 2.09. The summed E-state index contributed by atoms with van der Waals surface area (Å²) in [5, 5.41) is 6.86. The summed E-state index contributed by atoms with van der Waals surface area (Å²) in [6, 6.07) is 12.7. The first-order valence-corrected chi connectivity index (χ1v) is 8.28. The van der Waals surface area contributed by atoms with E-state index in [-0.39, 0.29) is 18.0 Å². The van der Waals surface area contributed by atoms with Crippen LogP contribution in [0.1, 0.15) is 23.2 Å². The van der Waals surface area contributed by atoms with E-state index in [0.29, 0.717) is 5.76 Å². The Morgan fingerprint density at radius 1 is 1.22 bits per heavy atom. The predicted octanol–water partition coefficient (Wildman–Crippen LogP) is 2.34. The number of ether oxygens (including phenoxy) is 2. The number of hydrogen-bond acceptors (Lipinski definition) is 6. The first-order chi connectivity index (χ1) is 13.1. The van der Waals surface area contributed by atoms with Gasteiger partial charge in [0.25, 0.3) is 5.91 Å². The van der Waals surface area contributed by atoms with Crippen LogP contribution in [0.2, 0.25) is 0 Å². The molecular formula is C19H19N3O5. The summed E-state index contributed by atoms with van der Waals surface area (Å²) >= 11 is 0. The Hall–Kier alpha value is -3.55. The second-order valence-electron chi connectivity index (χ2n) is 5.67. The number of hydrogen-bond donors (Lipinski definition) is 1. The number of furan rings is 1. The van der Waals surface area contributed by atoms with Gasteiger partial charge in [0.2, 0.25) is 5.69 Å². The molecule has 0 aliphatic rings. The molecule has 140 valence electrons. The quantitative estimate of drug-likeness (QED) is 0.642. The maximum absolute atomic E-state index is 12.4. The zero-order valence-electron chi connectivity index (χ0n) is 14.9. The van der Waals surface area contributed by atoms with Gasteiger partial charge in [-0.2, -0.15) is 5.10 Å². The molecule has 0 saturated heterocycles. The van der Waals surface area contributed by atoms with Gasteiger partial charge in [-0.3, -0.25) is 4.79 Å². The van der Waals surface area contributed by atoms with Gasteiger partial charge in [0.15, 0.2) is 11.9 Å². The highest BCUT2D eigenvalue weighted by Crippen LogP contribution is 2.20. The van der Waals surface area contributed by atoms with Crippen molar-refractivity contribution < 1.29 is 23.5 Å². The first-order valence-electron chi connectivity index (χ1n) is 8.28. The molecule has 0 radical (unpaired) electrons. The van der Waals surface area contributed by atoms with Gasteiger partial charge < -0.3 is 19.2 Å². The first kappa shape index (κ1) is 18.2. The van der Waals surface area contributed by atoms with Crippen LogP contribution in [0.15, 0.2) is 59.3 Å². The summed E-state index contributed by atoms with van der Waals surface area (Å²) in [5.41, 5.74) is 0.756. The fraction of sp³-hybridized carbons (Fsp3) is 0.211. The molecule has 2 aromatic heterocycles. The van der Waals surface area contributed by atoms with Gasteiger partial charge in [-0.1, -0.05) is 18.2 Å². The number of carbonyl (C=O) groups is 2. The second-order valence-corrected chi connectivity index (χ2v) is 5.67. The molecule has 0 aliphatic carbocycles. The van der Waals surface area contributed by atoms with Gasteiger partial charge in [-0.05, 0) is 31.2 Å². The summed E-state index contributed by atoms with van der Waals surface area (Å²) in [6.45, 7) is 1.69. The van der Waals surface area contributed by atoms with Crippen LogP contribution in [0.25, 0.3) is 5.69 Å². The molecule has 3 aromatic rings. The van der Waals surface area contributed by atoms with Crippen molar-refractivity contribution in [3.8, 4) is 11.4 Å². The van der Waals surface area contributed by atoms with Crippen molar-refractivity contribution in [3.05, 3.63) is 66.4 Å². The minimum Gasteiger partial charge on any atom is -0.493 e. The fourth-order valence-electron chi connectivity index (χ4n) is 2.36. The number of amides is 1. The molecule has 0 spiro atoms. The maximum atomic E-state index is 12.4. The van der Waals surface area contributed by atoms with Crippen LogP contribution in [-0.2, 0) is 16.1 Å². The Bertz CT molecular complexity index is 903. The highest BCUT2D eigenvalue weighted by molar-refractivity contribution is 5.92. The number of nitrogens with one attached hydrogen (secondary N) is 1. The third-order valence-corrected chi connectivity index (χ3v) is 3.78. The monoisotopic (exact) mass is 369 g/mol. The number of aromatic nitrogens is 2. The van der Waals surface area contributed by atoms with Crippen molar-refractivity contribution in [3.63, 3.8) is 0 Å². The third-order valence-electron chi connectivity index (χ3n) is 3.78. The average Bonchev–Trinajstić information content (AvgIpc) is 3.36. The lowest BCUT2D eigenvalue weighted by Gasteiger charge is -2.12. The number of nitrogens with zero attached hydrogens (tertiary/aromatic N) is 2. The zero-order valence-corrected chi connectivity index (χ0v) is 14.9. The highest BCUT2D eigenvalue weighted by Gasteiger charge is 2.24. The standard InChI is InChI=1S/C19H19N3O5/c1-13(18(23)20-11-15-9-6-10-26-15)27-19(24)17-16(25-2)12-22(21-17)14-7-4-3-5-8-14/h3-10,12-13H,11H2,1-2H3,(H,20,23)/t13-/m0/s1. The van der Waals surface area contributed by atoms with E-state index in [1.807, 2.05) is 30.3 Å². The normalized spacial score (nSPS) is 11.6. The van der Waals surface area contributed by atoms with Crippen molar-refractivity contribution >= 4 is 11.9 Å². The number of rotatable bonds is 7. The van der Waals surface area contributed by atoms with Gasteiger partial charge in [0.1, 0.15) is 5.76 Å². The van der Waals surface area contributed by atoms with Gasteiger partial charge in [-0.15, -0.1) is 0 Å². The van der Waals surface area contributed by atoms with Gasteiger partial charge in [-0.25, -0.2) is 9.48 Å². The Morgan fingerprint density at radius 3 is 2.67 bits per heavy atom. The van der Waals surface area contributed by atoms with E-state index in [2.05, 4.69) is 10.4 Å². The van der Waals surface area contributed by atoms with Crippen molar-refractivity contribution in [2.75, 3.05) is 7.11 Å². The number of para-hydroxylation sites is 1. The van der Waals surface area contributed by atoms with Crippen molar-refractivity contribution in [2.45, 2.75) is 19.6 Å². The van der Waals surface area contributed by atoms with E-state index >= 15 is 0 Å². The van der Waals surface area contributed by atoms with E-state index < -0.39 is 18.0 Å². The average molecular weight is 369 g/mol. The van der Waals surface area contributed by atoms with Crippen LogP contribution in [0.5, 0.6) is 5.75 Å². The maximum Gasteiger partial charge on any atom is 0.363 e. The van der Waals surface area contributed by atoms with E-state index in [1.54, 1.807) is 18.3 Å². The summed E-state index contributed by atoms with van der Waals surface area (Å²) in [4.78, 5) is 24.5. The molecule has 2 heterocycles. The van der Waals surface area contributed by atoms with E-state index in [9.17, 15) is 9.59 Å². The summed E-state index contributed by atoms with van der Waals surface area (Å²) in [5.74, 6) is -0.333.